The summed E-state index contributed by atoms with van der Waals surface area (Å²) >= 11 is 1.39. The van der Waals surface area contributed by atoms with Crippen LogP contribution in [0.3, 0.4) is 0 Å². The molecule has 1 aliphatic carbocycles. The quantitative estimate of drug-likeness (QED) is 0.442. The number of nitrogens with two attached hydrogens (primary N) is 1. The van der Waals surface area contributed by atoms with Gasteiger partial charge in [0.1, 0.15) is 13.2 Å². The SMILES string of the molecule is Nc1nc(-c2ccc(NC(=O)CN(CC3CCCCC3)C(=O)OCc3ccccc3)cc2)cs1. The van der Waals surface area contributed by atoms with Gasteiger partial charge in [-0.15, -0.1) is 11.3 Å². The van der Waals surface area contributed by atoms with Gasteiger partial charge in [0.05, 0.1) is 5.69 Å². The Morgan fingerprint density at radius 2 is 1.79 bits per heavy atom. The van der Waals surface area contributed by atoms with Gasteiger partial charge < -0.3 is 15.8 Å². The molecule has 8 heteroatoms. The third-order valence-corrected chi connectivity index (χ3v) is 6.66. The van der Waals surface area contributed by atoms with Crippen LogP contribution in [0.5, 0.6) is 0 Å². The highest BCUT2D eigenvalue weighted by molar-refractivity contribution is 7.13. The minimum atomic E-state index is -0.457. The molecule has 3 aromatic rings. The van der Waals surface area contributed by atoms with Gasteiger partial charge in [-0.25, -0.2) is 9.78 Å². The Labute approximate surface area is 204 Å². The van der Waals surface area contributed by atoms with Gasteiger partial charge in [-0.3, -0.25) is 9.69 Å². The van der Waals surface area contributed by atoms with Gasteiger partial charge in [0.2, 0.25) is 5.91 Å². The van der Waals surface area contributed by atoms with Crippen molar-refractivity contribution in [1.29, 1.82) is 0 Å². The minimum absolute atomic E-state index is 0.0471. The molecular formula is C26H30N4O3S. The van der Waals surface area contributed by atoms with Crippen LogP contribution in [0.2, 0.25) is 0 Å². The van der Waals surface area contributed by atoms with Gasteiger partial charge >= 0.3 is 6.09 Å². The fraction of sp³-hybridized carbons (Fsp3) is 0.346. The summed E-state index contributed by atoms with van der Waals surface area (Å²) in [5, 5.41) is 5.31. The third kappa shape index (κ3) is 6.81. The molecule has 178 valence electrons. The average Bonchev–Trinajstić information content (AvgIpc) is 3.30. The number of nitrogens with one attached hydrogen (secondary N) is 1. The van der Waals surface area contributed by atoms with Gasteiger partial charge in [0.25, 0.3) is 0 Å². The van der Waals surface area contributed by atoms with Crippen LogP contribution in [-0.4, -0.2) is 35.0 Å². The van der Waals surface area contributed by atoms with Crippen LogP contribution in [0, 0.1) is 5.92 Å². The summed E-state index contributed by atoms with van der Waals surface area (Å²) in [6.45, 7) is 0.671. The van der Waals surface area contributed by atoms with E-state index in [1.165, 1.54) is 30.6 Å². The molecule has 1 aromatic heterocycles. The molecule has 2 aromatic carbocycles. The largest absolute Gasteiger partial charge is 0.445 e. The topological polar surface area (TPSA) is 97.5 Å². The summed E-state index contributed by atoms with van der Waals surface area (Å²) in [5.74, 6) is 0.147. The molecule has 0 spiro atoms. The van der Waals surface area contributed by atoms with Crippen LogP contribution in [0.25, 0.3) is 11.3 Å². The number of hydrogen-bond donors (Lipinski definition) is 2. The fourth-order valence-corrected chi connectivity index (χ4v) is 4.79. The standard InChI is InChI=1S/C26H30N4O3S/c27-25-29-23(18-34-25)21-11-13-22(14-12-21)28-24(31)16-30(15-19-7-3-1-4-8-19)26(32)33-17-20-9-5-2-6-10-20/h2,5-6,9-14,18-19H,1,3-4,7-8,15-17H2,(H2,27,29)(H,28,31). The van der Waals surface area contributed by atoms with Gasteiger partial charge in [-0.2, -0.15) is 0 Å². The Bertz CT molecular complexity index is 1080. The number of carbonyl (C=O) groups excluding carboxylic acids is 2. The third-order valence-electron chi connectivity index (χ3n) is 5.99. The zero-order valence-electron chi connectivity index (χ0n) is 19.1. The molecule has 2 amide bonds. The zero-order chi connectivity index (χ0) is 23.8. The van der Waals surface area contributed by atoms with Gasteiger partial charge in [0.15, 0.2) is 5.13 Å². The predicted molar refractivity (Wildman–Crippen MR) is 135 cm³/mol. The van der Waals surface area contributed by atoms with E-state index < -0.39 is 6.09 Å². The van der Waals surface area contributed by atoms with Crippen LogP contribution in [0.15, 0.2) is 60.0 Å². The van der Waals surface area contributed by atoms with Crippen molar-refractivity contribution in [2.45, 2.75) is 38.7 Å². The lowest BCUT2D eigenvalue weighted by molar-refractivity contribution is -0.117. The number of nitrogens with zero attached hydrogens (tertiary/aromatic N) is 2. The first-order valence-electron chi connectivity index (χ1n) is 11.6. The van der Waals surface area contributed by atoms with E-state index in [9.17, 15) is 9.59 Å². The maximum Gasteiger partial charge on any atom is 0.410 e. The average molecular weight is 479 g/mol. The Kier molecular flexibility index (Phi) is 8.14. The number of carbonyl (C=O) groups is 2. The molecule has 7 nitrogen and oxygen atoms in total. The maximum atomic E-state index is 12.9. The highest BCUT2D eigenvalue weighted by atomic mass is 32.1. The van der Waals surface area contributed by atoms with E-state index in [4.69, 9.17) is 10.5 Å². The van der Waals surface area contributed by atoms with E-state index in [-0.39, 0.29) is 19.1 Å². The monoisotopic (exact) mass is 478 g/mol. The Morgan fingerprint density at radius 1 is 1.06 bits per heavy atom. The van der Waals surface area contributed by atoms with Crippen molar-refractivity contribution < 1.29 is 14.3 Å². The van der Waals surface area contributed by atoms with Crippen LogP contribution in [0.1, 0.15) is 37.7 Å². The molecule has 0 unspecified atom stereocenters. The molecule has 3 N–H and O–H groups in total. The van der Waals surface area contributed by atoms with Crippen molar-refractivity contribution in [3.63, 3.8) is 0 Å². The number of amides is 2. The van der Waals surface area contributed by atoms with Crippen molar-refractivity contribution in [3.8, 4) is 11.3 Å². The molecule has 0 saturated heterocycles. The summed E-state index contributed by atoms with van der Waals surface area (Å²) in [5.41, 5.74) is 9.02. The van der Waals surface area contributed by atoms with Gasteiger partial charge in [0, 0.05) is 23.2 Å². The second-order valence-electron chi connectivity index (χ2n) is 8.62. The summed E-state index contributed by atoms with van der Waals surface area (Å²) in [7, 11) is 0. The normalized spacial score (nSPS) is 13.9. The fourth-order valence-electron chi connectivity index (χ4n) is 4.21. The van der Waals surface area contributed by atoms with E-state index in [0.29, 0.717) is 23.3 Å². The lowest BCUT2D eigenvalue weighted by Gasteiger charge is -2.29. The molecule has 0 aliphatic heterocycles. The van der Waals surface area contributed by atoms with Crippen molar-refractivity contribution >= 4 is 34.2 Å². The van der Waals surface area contributed by atoms with E-state index in [2.05, 4.69) is 10.3 Å². The Hall–Kier alpha value is -3.39. The minimum Gasteiger partial charge on any atom is -0.445 e. The van der Waals surface area contributed by atoms with Gasteiger partial charge in [-0.05, 0) is 36.5 Å². The number of anilines is 2. The lowest BCUT2D eigenvalue weighted by atomic mass is 9.89. The van der Waals surface area contributed by atoms with Crippen LogP contribution in [-0.2, 0) is 16.1 Å². The van der Waals surface area contributed by atoms with Crippen molar-refractivity contribution in [3.05, 3.63) is 65.5 Å². The molecule has 1 saturated carbocycles. The first kappa shape index (κ1) is 23.8. The summed E-state index contributed by atoms with van der Waals surface area (Å²) in [4.78, 5) is 31.5. The van der Waals surface area contributed by atoms with Crippen LogP contribution in [0.4, 0.5) is 15.6 Å². The number of nitrogen functional groups attached to an aromatic ring is 1. The molecule has 1 heterocycles. The smallest absolute Gasteiger partial charge is 0.410 e. The van der Waals surface area contributed by atoms with Crippen molar-refractivity contribution in [2.75, 3.05) is 24.1 Å². The molecule has 34 heavy (non-hydrogen) atoms. The molecule has 4 rings (SSSR count). The van der Waals surface area contributed by atoms with Crippen molar-refractivity contribution in [1.82, 2.24) is 9.88 Å². The van der Waals surface area contributed by atoms with Crippen molar-refractivity contribution in [2.24, 2.45) is 5.92 Å². The molecule has 1 aliphatic rings. The van der Waals surface area contributed by atoms with E-state index >= 15 is 0 Å². The summed E-state index contributed by atoms with van der Waals surface area (Å²) in [6, 6.07) is 17.0. The van der Waals surface area contributed by atoms with Gasteiger partial charge in [-0.1, -0.05) is 61.7 Å². The van der Waals surface area contributed by atoms with E-state index in [1.807, 2.05) is 60.0 Å². The molecule has 1 fully saturated rings. The molecule has 0 radical (unpaired) electrons. The first-order valence-corrected chi connectivity index (χ1v) is 12.5. The molecule has 0 bridgehead atoms. The Morgan fingerprint density at radius 3 is 2.47 bits per heavy atom. The highest BCUT2D eigenvalue weighted by Gasteiger charge is 2.24. The number of rotatable bonds is 8. The number of aromatic nitrogens is 1. The summed E-state index contributed by atoms with van der Waals surface area (Å²) < 4.78 is 5.54. The van der Waals surface area contributed by atoms with Crippen LogP contribution < -0.4 is 11.1 Å². The van der Waals surface area contributed by atoms with Crippen LogP contribution >= 0.6 is 11.3 Å². The molecular weight excluding hydrogens is 448 g/mol. The second kappa shape index (κ2) is 11.7. The maximum absolute atomic E-state index is 12.9. The highest BCUT2D eigenvalue weighted by Crippen LogP contribution is 2.26. The molecule has 0 atom stereocenters. The second-order valence-corrected chi connectivity index (χ2v) is 9.51. The van der Waals surface area contributed by atoms with E-state index in [1.54, 1.807) is 4.90 Å². The zero-order valence-corrected chi connectivity index (χ0v) is 19.9. The number of benzene rings is 2. The predicted octanol–water partition coefficient (Wildman–Crippen LogP) is 5.55. The Balaban J connectivity index is 1.36. The summed E-state index contributed by atoms with van der Waals surface area (Å²) in [6.07, 6.45) is 5.26. The number of hydrogen-bond acceptors (Lipinski definition) is 6. The lowest BCUT2D eigenvalue weighted by Crippen LogP contribution is -2.41. The first-order chi connectivity index (χ1) is 16.6. The number of thiazole rings is 1. The number of ether oxygens (including phenoxy) is 1. The van der Waals surface area contributed by atoms with E-state index in [0.717, 1.165) is 29.7 Å².